The first-order valence-corrected chi connectivity index (χ1v) is 8.85. The Balaban J connectivity index is 4.30. The van der Waals surface area contributed by atoms with Gasteiger partial charge in [0.15, 0.2) is 6.16 Å². The minimum atomic E-state index is -3.71. The van der Waals surface area contributed by atoms with Crippen molar-refractivity contribution in [2.45, 2.75) is 13.8 Å². The molecular weight excluding hydrogens is 277 g/mol. The van der Waals surface area contributed by atoms with E-state index in [1.54, 1.807) is 0 Å². The largest absolute Gasteiger partial charge is 0.412 e. The number of hydrogen-bond acceptors (Lipinski definition) is 5. The fourth-order valence-electron chi connectivity index (χ4n) is 1.06. The Bertz CT molecular complexity index is 281. The van der Waals surface area contributed by atoms with Crippen LogP contribution in [-0.4, -0.2) is 41.4 Å². The van der Waals surface area contributed by atoms with Crippen molar-refractivity contribution >= 4 is 27.9 Å². The lowest BCUT2D eigenvalue weighted by Crippen LogP contribution is -2.24. The van der Waals surface area contributed by atoms with Gasteiger partial charge in [-0.3, -0.25) is 0 Å². The minimum absolute atomic E-state index is 0.119. The second kappa shape index (κ2) is 7.76. The maximum absolute atomic E-state index is 10.7. The third-order valence-corrected chi connectivity index (χ3v) is 5.10. The molecule has 0 aromatic heterocycles. The molecule has 0 spiro atoms. The zero-order valence-corrected chi connectivity index (χ0v) is 12.1. The number of rotatable bonds is 9. The number of halogens is 1. The van der Waals surface area contributed by atoms with E-state index in [1.165, 1.54) is 7.11 Å². The summed E-state index contributed by atoms with van der Waals surface area (Å²) in [6.45, 7) is 4.63. The van der Waals surface area contributed by atoms with Crippen molar-refractivity contribution in [1.82, 2.24) is 4.72 Å². The summed E-state index contributed by atoms with van der Waals surface area (Å²) in [5, 5.41) is 0. The molecule has 0 heterocycles. The molecule has 0 aliphatic carbocycles. The van der Waals surface area contributed by atoms with Gasteiger partial charge < -0.3 is 0 Å². The van der Waals surface area contributed by atoms with Crippen molar-refractivity contribution < 1.29 is 22.0 Å². The van der Waals surface area contributed by atoms with Crippen molar-refractivity contribution in [2.24, 2.45) is 0 Å². The van der Waals surface area contributed by atoms with Gasteiger partial charge in [-0.25, -0.2) is 0 Å². The highest BCUT2D eigenvalue weighted by Crippen LogP contribution is 2.60. The van der Waals surface area contributed by atoms with Gasteiger partial charge in [0.2, 0.25) is 0 Å². The standard InChI is InChI=1S/C7H18ClNO5PS/c1-4-13-15(12-3,14-5-2)7-6-9-16(8,10)11/h9H,4-7H2,1-3H3/q+1. The molecule has 0 radical (unpaired) electrons. The summed E-state index contributed by atoms with van der Waals surface area (Å²) in [4.78, 5) is 0. The molecule has 1 N–H and O–H groups in total. The van der Waals surface area contributed by atoms with Crippen LogP contribution in [0.1, 0.15) is 13.8 Å². The van der Waals surface area contributed by atoms with Crippen LogP contribution in [0, 0.1) is 0 Å². The van der Waals surface area contributed by atoms with Crippen LogP contribution in [-0.2, 0) is 22.8 Å². The average Bonchev–Trinajstić information content (AvgIpc) is 2.16. The van der Waals surface area contributed by atoms with E-state index in [2.05, 4.69) is 4.72 Å². The number of nitrogens with one attached hydrogen (secondary N) is 1. The Kier molecular flexibility index (Phi) is 8.01. The molecular formula is C7H18ClNO5PS+. The Morgan fingerprint density at radius 2 is 1.75 bits per heavy atom. The normalized spacial score (nSPS) is 13.0. The first-order chi connectivity index (χ1) is 7.39. The molecule has 16 heavy (non-hydrogen) atoms. The summed E-state index contributed by atoms with van der Waals surface area (Å²) < 4.78 is 39.6. The third kappa shape index (κ3) is 6.96. The van der Waals surface area contributed by atoms with Gasteiger partial charge >= 0.3 is 7.94 Å². The Labute approximate surface area is 102 Å². The first-order valence-electron chi connectivity index (χ1n) is 4.81. The van der Waals surface area contributed by atoms with Crippen LogP contribution in [0.5, 0.6) is 0 Å². The quantitative estimate of drug-likeness (QED) is 0.516. The zero-order chi connectivity index (χ0) is 12.7. The SMILES string of the molecule is CCO[P+](CCNS(=O)(=O)Cl)(OC)OCC. The maximum atomic E-state index is 10.7. The third-order valence-electron chi connectivity index (χ3n) is 1.59. The summed E-state index contributed by atoms with van der Waals surface area (Å²) in [6, 6.07) is 0. The summed E-state index contributed by atoms with van der Waals surface area (Å²) in [5.74, 6) is 0. The van der Waals surface area contributed by atoms with Gasteiger partial charge in [-0.2, -0.15) is 26.7 Å². The molecule has 6 nitrogen and oxygen atoms in total. The molecule has 0 saturated carbocycles. The summed E-state index contributed by atoms with van der Waals surface area (Å²) in [5.41, 5.74) is 0. The molecule has 0 aliphatic rings. The van der Waals surface area contributed by atoms with Gasteiger partial charge in [0.1, 0.15) is 0 Å². The van der Waals surface area contributed by atoms with Crippen LogP contribution in [0.2, 0.25) is 0 Å². The van der Waals surface area contributed by atoms with Crippen LogP contribution in [0.25, 0.3) is 0 Å². The second-order valence-electron chi connectivity index (χ2n) is 2.68. The maximum Gasteiger partial charge on any atom is 0.412 e. The Hall–Kier alpha value is 0.510. The monoisotopic (exact) mass is 294 g/mol. The summed E-state index contributed by atoms with van der Waals surface area (Å²) >= 11 is 0. The van der Waals surface area contributed by atoms with Gasteiger partial charge in [0, 0.05) is 10.7 Å². The predicted molar refractivity (Wildman–Crippen MR) is 64.8 cm³/mol. The van der Waals surface area contributed by atoms with E-state index in [0.717, 1.165) is 0 Å². The van der Waals surface area contributed by atoms with Gasteiger partial charge in [0.05, 0.1) is 26.9 Å². The molecule has 0 amide bonds. The Morgan fingerprint density at radius 1 is 1.25 bits per heavy atom. The fourth-order valence-corrected chi connectivity index (χ4v) is 3.69. The van der Waals surface area contributed by atoms with Crippen LogP contribution in [0.3, 0.4) is 0 Å². The van der Waals surface area contributed by atoms with Crippen LogP contribution >= 0.6 is 18.6 Å². The fraction of sp³-hybridized carbons (Fsp3) is 1.00. The molecule has 0 saturated heterocycles. The molecule has 0 atom stereocenters. The van der Waals surface area contributed by atoms with Crippen LogP contribution in [0.4, 0.5) is 0 Å². The molecule has 0 aliphatic heterocycles. The smallest absolute Gasteiger partial charge is 0.198 e. The van der Waals surface area contributed by atoms with Crippen molar-refractivity contribution in [2.75, 3.05) is 33.0 Å². The Morgan fingerprint density at radius 3 is 2.06 bits per heavy atom. The van der Waals surface area contributed by atoms with E-state index in [-0.39, 0.29) is 6.54 Å². The predicted octanol–water partition coefficient (Wildman–Crippen LogP) is 1.54. The van der Waals surface area contributed by atoms with Crippen molar-refractivity contribution in [1.29, 1.82) is 0 Å². The van der Waals surface area contributed by atoms with Crippen molar-refractivity contribution in [3.05, 3.63) is 0 Å². The molecule has 0 rings (SSSR count). The molecule has 98 valence electrons. The van der Waals surface area contributed by atoms with E-state index in [9.17, 15) is 8.42 Å². The van der Waals surface area contributed by atoms with Gasteiger partial charge in [-0.05, 0) is 13.8 Å². The van der Waals surface area contributed by atoms with Crippen LogP contribution < -0.4 is 4.72 Å². The van der Waals surface area contributed by atoms with E-state index >= 15 is 0 Å². The highest BCUT2D eigenvalue weighted by Gasteiger charge is 2.42. The lowest BCUT2D eigenvalue weighted by atomic mass is 10.8. The summed E-state index contributed by atoms with van der Waals surface area (Å²) in [6.07, 6.45) is 0.317. The van der Waals surface area contributed by atoms with Crippen molar-refractivity contribution in [3.63, 3.8) is 0 Å². The number of hydrogen-bond donors (Lipinski definition) is 1. The van der Waals surface area contributed by atoms with E-state index in [4.69, 9.17) is 24.3 Å². The summed E-state index contributed by atoms with van der Waals surface area (Å²) in [7, 11) is 0.331. The van der Waals surface area contributed by atoms with E-state index in [0.29, 0.717) is 19.4 Å². The van der Waals surface area contributed by atoms with Crippen molar-refractivity contribution in [3.8, 4) is 0 Å². The lowest BCUT2D eigenvalue weighted by molar-refractivity contribution is 0.168. The van der Waals surface area contributed by atoms with E-state index in [1.807, 2.05) is 13.8 Å². The van der Waals surface area contributed by atoms with Gasteiger partial charge in [0.25, 0.3) is 9.24 Å². The highest BCUT2D eigenvalue weighted by atomic mass is 35.7. The molecule has 0 aromatic carbocycles. The molecule has 0 unspecified atom stereocenters. The molecule has 0 bridgehead atoms. The zero-order valence-electron chi connectivity index (χ0n) is 9.60. The minimum Gasteiger partial charge on any atom is -0.198 e. The molecule has 0 fully saturated rings. The molecule has 9 heteroatoms. The van der Waals surface area contributed by atoms with Gasteiger partial charge in [-0.15, -0.1) is 0 Å². The van der Waals surface area contributed by atoms with Gasteiger partial charge in [-0.1, -0.05) is 0 Å². The highest BCUT2D eigenvalue weighted by molar-refractivity contribution is 8.12. The molecule has 0 aromatic rings. The average molecular weight is 295 g/mol. The second-order valence-corrected chi connectivity index (χ2v) is 7.62. The topological polar surface area (TPSA) is 73.9 Å². The van der Waals surface area contributed by atoms with E-state index < -0.39 is 17.2 Å². The first kappa shape index (κ1) is 16.5. The van der Waals surface area contributed by atoms with Crippen LogP contribution in [0.15, 0.2) is 0 Å². The lowest BCUT2D eigenvalue weighted by Gasteiger charge is -2.19.